The molecule has 3 rings (SSSR count). The molecular formula is C26H30F6N2O3. The highest BCUT2D eigenvalue weighted by molar-refractivity contribution is 5.66. The normalized spacial score (nSPS) is 21.4. The van der Waals surface area contributed by atoms with Gasteiger partial charge in [0.25, 0.3) is 0 Å². The summed E-state index contributed by atoms with van der Waals surface area (Å²) in [7, 11) is 1.46. The molecule has 1 saturated heterocycles. The summed E-state index contributed by atoms with van der Waals surface area (Å²) in [5.41, 5.74) is -2.80. The number of ether oxygens (including phenoxy) is 2. The summed E-state index contributed by atoms with van der Waals surface area (Å²) in [6, 6.07) is 10.8. The number of alkyl halides is 6. The van der Waals surface area contributed by atoms with E-state index in [1.807, 2.05) is 30.3 Å². The third-order valence-corrected chi connectivity index (χ3v) is 6.53. The summed E-state index contributed by atoms with van der Waals surface area (Å²) in [5, 5.41) is 5.93. The summed E-state index contributed by atoms with van der Waals surface area (Å²) < 4.78 is 91.0. The smallest absolute Gasteiger partial charge is 0.416 e. The van der Waals surface area contributed by atoms with Gasteiger partial charge in [-0.25, -0.2) is 4.79 Å². The third-order valence-electron chi connectivity index (χ3n) is 6.53. The quantitative estimate of drug-likeness (QED) is 0.377. The second kappa shape index (κ2) is 11.7. The van der Waals surface area contributed by atoms with Gasteiger partial charge in [0.05, 0.1) is 36.0 Å². The summed E-state index contributed by atoms with van der Waals surface area (Å²) in [6.45, 7) is 1.64. The molecule has 3 atom stereocenters. The zero-order valence-electron chi connectivity index (χ0n) is 20.5. The van der Waals surface area contributed by atoms with Crippen molar-refractivity contribution < 1.29 is 40.6 Å². The second-order valence-corrected chi connectivity index (χ2v) is 9.15. The molecule has 1 amide bonds. The lowest BCUT2D eigenvalue weighted by Crippen LogP contribution is -2.54. The van der Waals surface area contributed by atoms with Crippen molar-refractivity contribution in [3.05, 3.63) is 70.8 Å². The van der Waals surface area contributed by atoms with Crippen molar-refractivity contribution in [3.63, 3.8) is 0 Å². The molecule has 2 aromatic rings. The van der Waals surface area contributed by atoms with E-state index >= 15 is 0 Å². The van der Waals surface area contributed by atoms with Crippen LogP contribution in [0.3, 0.4) is 0 Å². The van der Waals surface area contributed by atoms with E-state index in [1.54, 1.807) is 0 Å². The van der Waals surface area contributed by atoms with E-state index in [0.717, 1.165) is 18.4 Å². The summed E-state index contributed by atoms with van der Waals surface area (Å²) in [4.78, 5) is 11.4. The molecule has 1 aliphatic rings. The van der Waals surface area contributed by atoms with Crippen molar-refractivity contribution in [2.45, 2.75) is 62.6 Å². The van der Waals surface area contributed by atoms with Crippen molar-refractivity contribution >= 4 is 6.09 Å². The lowest BCUT2D eigenvalue weighted by molar-refractivity contribution is -0.143. The van der Waals surface area contributed by atoms with Crippen LogP contribution in [0.1, 0.15) is 61.0 Å². The van der Waals surface area contributed by atoms with Crippen molar-refractivity contribution in [1.29, 1.82) is 0 Å². The average Bonchev–Trinajstić information content (AvgIpc) is 2.86. The Morgan fingerprint density at radius 2 is 1.70 bits per heavy atom. The first-order chi connectivity index (χ1) is 17.3. The maximum atomic E-state index is 13.3. The number of rotatable bonds is 8. The molecule has 37 heavy (non-hydrogen) atoms. The fourth-order valence-electron chi connectivity index (χ4n) is 4.53. The molecule has 0 saturated carbocycles. The molecule has 0 radical (unpaired) electrons. The van der Waals surface area contributed by atoms with Crippen LogP contribution >= 0.6 is 0 Å². The van der Waals surface area contributed by atoms with Crippen LogP contribution in [0.25, 0.3) is 0 Å². The van der Waals surface area contributed by atoms with Gasteiger partial charge in [-0.15, -0.1) is 0 Å². The number of alkyl carbamates (subject to hydrolysis) is 1. The van der Waals surface area contributed by atoms with Crippen LogP contribution in [-0.4, -0.2) is 32.4 Å². The lowest BCUT2D eigenvalue weighted by atomic mass is 9.80. The molecule has 0 aromatic heterocycles. The molecule has 0 spiro atoms. The first-order valence-electron chi connectivity index (χ1n) is 11.9. The van der Waals surface area contributed by atoms with Gasteiger partial charge in [0.15, 0.2) is 0 Å². The van der Waals surface area contributed by atoms with Crippen LogP contribution in [0, 0.1) is 0 Å². The predicted molar refractivity (Wildman–Crippen MR) is 125 cm³/mol. The van der Waals surface area contributed by atoms with E-state index in [1.165, 1.54) is 14.0 Å². The Bertz CT molecular complexity index is 1010. The molecule has 1 fully saturated rings. The average molecular weight is 533 g/mol. The van der Waals surface area contributed by atoms with Gasteiger partial charge in [-0.2, -0.15) is 26.3 Å². The molecule has 204 valence electrons. The Kier molecular flexibility index (Phi) is 9.12. The van der Waals surface area contributed by atoms with E-state index in [4.69, 9.17) is 9.47 Å². The van der Waals surface area contributed by atoms with Gasteiger partial charge in [-0.05, 0) is 61.9 Å². The van der Waals surface area contributed by atoms with Gasteiger partial charge >= 0.3 is 18.4 Å². The molecule has 2 N–H and O–H groups in total. The first kappa shape index (κ1) is 28.8. The van der Waals surface area contributed by atoms with Crippen LogP contribution in [0.4, 0.5) is 31.1 Å². The monoisotopic (exact) mass is 532 g/mol. The molecule has 5 nitrogen and oxygen atoms in total. The minimum atomic E-state index is -4.93. The Morgan fingerprint density at radius 1 is 1.08 bits per heavy atom. The third kappa shape index (κ3) is 7.61. The van der Waals surface area contributed by atoms with E-state index in [9.17, 15) is 31.1 Å². The molecule has 3 unspecified atom stereocenters. The van der Waals surface area contributed by atoms with Crippen LogP contribution < -0.4 is 10.6 Å². The van der Waals surface area contributed by atoms with Crippen molar-refractivity contribution in [3.8, 4) is 0 Å². The molecule has 1 aliphatic heterocycles. The number of carbonyl (C=O) groups excluding carboxylic acids is 1. The molecular weight excluding hydrogens is 502 g/mol. The highest BCUT2D eigenvalue weighted by atomic mass is 19.4. The summed E-state index contributed by atoms with van der Waals surface area (Å²) in [5.74, 6) is 0. The zero-order valence-corrected chi connectivity index (χ0v) is 20.5. The van der Waals surface area contributed by atoms with Crippen LogP contribution in [0.2, 0.25) is 0 Å². The molecule has 0 bridgehead atoms. The van der Waals surface area contributed by atoms with E-state index < -0.39 is 41.2 Å². The van der Waals surface area contributed by atoms with Gasteiger partial charge < -0.3 is 20.1 Å². The Morgan fingerprint density at radius 3 is 2.27 bits per heavy atom. The number of halogens is 6. The van der Waals surface area contributed by atoms with Gasteiger partial charge in [0.2, 0.25) is 0 Å². The minimum absolute atomic E-state index is 0.0164. The van der Waals surface area contributed by atoms with Crippen LogP contribution in [-0.2, 0) is 27.4 Å². The Labute approximate surface area is 211 Å². The predicted octanol–water partition coefficient (Wildman–Crippen LogP) is 6.59. The maximum absolute atomic E-state index is 13.3. The number of piperidine rings is 1. The lowest BCUT2D eigenvalue weighted by Gasteiger charge is -2.43. The van der Waals surface area contributed by atoms with Crippen molar-refractivity contribution in [2.24, 2.45) is 0 Å². The number of amides is 1. The Balaban J connectivity index is 1.82. The summed E-state index contributed by atoms with van der Waals surface area (Å²) >= 11 is 0. The van der Waals surface area contributed by atoms with Gasteiger partial charge in [0.1, 0.15) is 0 Å². The standard InChI is InChI=1S/C26H30F6N2O3/c1-17(18-13-20(25(27,28)29)15-21(14-18)26(30,31)32)37-16-24(19-7-4-3-5-8-19)11-6-9-22(34-24)10-12-36-23(35)33-2/h3-5,7-8,13-15,17,22,34H,6,9-12,16H2,1-2H3,(H,33,35). The molecule has 0 aliphatic carbocycles. The van der Waals surface area contributed by atoms with Crippen LogP contribution in [0.15, 0.2) is 48.5 Å². The fraction of sp³-hybridized carbons (Fsp3) is 0.500. The first-order valence-corrected chi connectivity index (χ1v) is 11.9. The second-order valence-electron chi connectivity index (χ2n) is 9.15. The minimum Gasteiger partial charge on any atom is -0.450 e. The number of hydrogen-bond donors (Lipinski definition) is 2. The van der Waals surface area contributed by atoms with Crippen molar-refractivity contribution in [2.75, 3.05) is 20.3 Å². The van der Waals surface area contributed by atoms with Gasteiger partial charge in [0, 0.05) is 13.1 Å². The zero-order chi connectivity index (χ0) is 27.3. The fourth-order valence-corrected chi connectivity index (χ4v) is 4.53. The molecule has 2 aromatic carbocycles. The number of hydrogen-bond acceptors (Lipinski definition) is 4. The Hall–Kier alpha value is -2.79. The topological polar surface area (TPSA) is 59.6 Å². The van der Waals surface area contributed by atoms with E-state index in [2.05, 4.69) is 10.6 Å². The van der Waals surface area contributed by atoms with Gasteiger partial charge in [-0.1, -0.05) is 30.3 Å². The number of benzene rings is 2. The number of nitrogens with one attached hydrogen (secondary N) is 2. The maximum Gasteiger partial charge on any atom is 0.416 e. The number of carbonyl (C=O) groups is 1. The van der Waals surface area contributed by atoms with E-state index in [0.29, 0.717) is 25.0 Å². The summed E-state index contributed by atoms with van der Waals surface area (Å²) in [6.07, 6.45) is -8.67. The van der Waals surface area contributed by atoms with Gasteiger partial charge in [-0.3, -0.25) is 0 Å². The van der Waals surface area contributed by atoms with E-state index in [-0.39, 0.29) is 30.9 Å². The molecule has 1 heterocycles. The highest BCUT2D eigenvalue weighted by Gasteiger charge is 2.40. The highest BCUT2D eigenvalue weighted by Crippen LogP contribution is 2.39. The molecule has 11 heteroatoms. The largest absolute Gasteiger partial charge is 0.450 e. The van der Waals surface area contributed by atoms with Crippen molar-refractivity contribution in [1.82, 2.24) is 10.6 Å². The SMILES string of the molecule is CNC(=O)OCCC1CCCC(COC(C)c2cc(C(F)(F)F)cc(C(F)(F)F)c2)(c2ccccc2)N1. The van der Waals surface area contributed by atoms with Crippen LogP contribution in [0.5, 0.6) is 0 Å².